The highest BCUT2D eigenvalue weighted by molar-refractivity contribution is 9.10. The zero-order valence-corrected chi connectivity index (χ0v) is 12.7. The molecule has 0 saturated carbocycles. The van der Waals surface area contributed by atoms with Gasteiger partial charge in [-0.15, -0.1) is 0 Å². The van der Waals surface area contributed by atoms with Crippen LogP contribution in [0.25, 0.3) is 0 Å². The van der Waals surface area contributed by atoms with Gasteiger partial charge in [0.25, 0.3) is 0 Å². The second kappa shape index (κ2) is 7.40. The number of amides is 2. The molecule has 1 saturated heterocycles. The summed E-state index contributed by atoms with van der Waals surface area (Å²) in [5.74, 6) is -0.215. The quantitative estimate of drug-likeness (QED) is 0.888. The molecule has 0 aromatic heterocycles. The molecule has 1 aromatic carbocycles. The number of nitrogens with one attached hydrogen (secondary N) is 1. The van der Waals surface area contributed by atoms with E-state index in [1.54, 1.807) is 4.90 Å². The Morgan fingerprint density at radius 2 is 1.95 bits per heavy atom. The van der Waals surface area contributed by atoms with Gasteiger partial charge in [-0.2, -0.15) is 0 Å². The molecule has 0 bridgehead atoms. The molecule has 1 N–H and O–H groups in total. The second-order valence-electron chi connectivity index (χ2n) is 4.54. The molecule has 1 aromatic rings. The van der Waals surface area contributed by atoms with Gasteiger partial charge in [0.2, 0.25) is 11.8 Å². The van der Waals surface area contributed by atoms with Gasteiger partial charge in [0.1, 0.15) is 0 Å². The molecule has 0 atom stereocenters. The third-order valence-electron chi connectivity index (χ3n) is 3.11. The van der Waals surface area contributed by atoms with Crippen LogP contribution < -0.4 is 5.32 Å². The highest BCUT2D eigenvalue weighted by atomic mass is 79.9. The van der Waals surface area contributed by atoms with Crippen molar-refractivity contribution in [2.24, 2.45) is 0 Å². The highest BCUT2D eigenvalue weighted by Crippen LogP contribution is 2.16. The smallest absolute Gasteiger partial charge is 0.242 e. The van der Waals surface area contributed by atoms with Crippen molar-refractivity contribution in [2.45, 2.75) is 6.42 Å². The van der Waals surface area contributed by atoms with E-state index in [1.807, 2.05) is 24.3 Å². The Balaban J connectivity index is 1.77. The largest absolute Gasteiger partial charge is 0.378 e. The number of benzene rings is 1. The third-order valence-corrected chi connectivity index (χ3v) is 3.88. The lowest BCUT2D eigenvalue weighted by Gasteiger charge is -2.26. The minimum absolute atomic E-state index is 0.0449. The molecule has 6 heteroatoms. The molecule has 2 amide bonds. The number of rotatable bonds is 4. The highest BCUT2D eigenvalue weighted by Gasteiger charge is 2.17. The predicted octanol–water partition coefficient (Wildman–Crippen LogP) is 0.967. The van der Waals surface area contributed by atoms with E-state index in [2.05, 4.69) is 21.2 Å². The number of nitrogens with zero attached hydrogens (tertiary/aromatic N) is 1. The fourth-order valence-corrected chi connectivity index (χ4v) is 2.40. The summed E-state index contributed by atoms with van der Waals surface area (Å²) in [4.78, 5) is 25.4. The topological polar surface area (TPSA) is 58.6 Å². The van der Waals surface area contributed by atoms with Crippen LogP contribution in [0, 0.1) is 0 Å². The van der Waals surface area contributed by atoms with E-state index in [-0.39, 0.29) is 24.8 Å². The number of halogens is 1. The monoisotopic (exact) mass is 340 g/mol. The van der Waals surface area contributed by atoms with Crippen LogP contribution in [0.15, 0.2) is 28.7 Å². The number of carbonyl (C=O) groups is 2. The van der Waals surface area contributed by atoms with Crippen LogP contribution in [-0.4, -0.2) is 49.6 Å². The van der Waals surface area contributed by atoms with Crippen molar-refractivity contribution in [1.82, 2.24) is 10.2 Å². The SMILES string of the molecule is O=C(Cc1ccccc1Br)NCC(=O)N1CCOCC1. The van der Waals surface area contributed by atoms with Crippen molar-refractivity contribution >= 4 is 27.7 Å². The zero-order valence-electron chi connectivity index (χ0n) is 11.1. The normalized spacial score (nSPS) is 14.9. The maximum atomic E-state index is 11.9. The summed E-state index contributed by atoms with van der Waals surface area (Å²) in [6, 6.07) is 7.55. The first-order valence-electron chi connectivity index (χ1n) is 6.52. The molecule has 0 unspecified atom stereocenters. The molecule has 1 fully saturated rings. The van der Waals surface area contributed by atoms with Crippen LogP contribution in [0.5, 0.6) is 0 Å². The summed E-state index contributed by atoms with van der Waals surface area (Å²) in [7, 11) is 0. The molecule has 2 rings (SSSR count). The molecule has 1 aliphatic rings. The lowest BCUT2D eigenvalue weighted by molar-refractivity contribution is -0.136. The van der Waals surface area contributed by atoms with Gasteiger partial charge in [-0.25, -0.2) is 0 Å². The molecule has 0 spiro atoms. The third kappa shape index (κ3) is 4.31. The Bertz CT molecular complexity index is 487. The zero-order chi connectivity index (χ0) is 14.4. The van der Waals surface area contributed by atoms with Crippen LogP contribution >= 0.6 is 15.9 Å². The van der Waals surface area contributed by atoms with Crippen LogP contribution in [0.2, 0.25) is 0 Å². The minimum atomic E-state index is -0.154. The molecule has 0 aliphatic carbocycles. The van der Waals surface area contributed by atoms with Crippen molar-refractivity contribution in [3.05, 3.63) is 34.3 Å². The summed E-state index contributed by atoms with van der Waals surface area (Å²) in [5, 5.41) is 2.66. The molecule has 5 nitrogen and oxygen atoms in total. The van der Waals surface area contributed by atoms with Gasteiger partial charge in [0.15, 0.2) is 0 Å². The Kier molecular flexibility index (Phi) is 5.55. The van der Waals surface area contributed by atoms with Gasteiger partial charge in [-0.05, 0) is 11.6 Å². The van der Waals surface area contributed by atoms with Gasteiger partial charge in [-0.3, -0.25) is 9.59 Å². The number of carbonyl (C=O) groups excluding carboxylic acids is 2. The van der Waals surface area contributed by atoms with E-state index in [9.17, 15) is 9.59 Å². The van der Waals surface area contributed by atoms with Crippen molar-refractivity contribution in [3.63, 3.8) is 0 Å². The van der Waals surface area contributed by atoms with Gasteiger partial charge >= 0.3 is 0 Å². The van der Waals surface area contributed by atoms with Crippen molar-refractivity contribution < 1.29 is 14.3 Å². The van der Waals surface area contributed by atoms with Gasteiger partial charge in [0.05, 0.1) is 26.2 Å². The first kappa shape index (κ1) is 15.0. The first-order valence-corrected chi connectivity index (χ1v) is 7.32. The molecular weight excluding hydrogens is 324 g/mol. The first-order chi connectivity index (χ1) is 9.66. The number of ether oxygens (including phenoxy) is 1. The van der Waals surface area contributed by atoms with Gasteiger partial charge in [-0.1, -0.05) is 34.1 Å². The minimum Gasteiger partial charge on any atom is -0.378 e. The average molecular weight is 341 g/mol. The Hall–Kier alpha value is -1.40. The molecule has 20 heavy (non-hydrogen) atoms. The van der Waals surface area contributed by atoms with E-state index in [0.29, 0.717) is 26.3 Å². The molecule has 108 valence electrons. The molecule has 1 aliphatic heterocycles. The Labute approximate surface area is 126 Å². The molecule has 0 radical (unpaired) electrons. The van der Waals surface area contributed by atoms with E-state index in [4.69, 9.17) is 4.74 Å². The lowest BCUT2D eigenvalue weighted by atomic mass is 10.1. The van der Waals surface area contributed by atoms with Crippen LogP contribution in [0.1, 0.15) is 5.56 Å². The number of hydrogen-bond acceptors (Lipinski definition) is 3. The van der Waals surface area contributed by atoms with Gasteiger partial charge < -0.3 is 15.0 Å². The lowest BCUT2D eigenvalue weighted by Crippen LogP contribution is -2.45. The summed E-state index contributed by atoms with van der Waals surface area (Å²) in [6.07, 6.45) is 0.262. The summed E-state index contributed by atoms with van der Waals surface area (Å²) >= 11 is 3.40. The molecular formula is C14H17BrN2O3. The van der Waals surface area contributed by atoms with E-state index in [0.717, 1.165) is 10.0 Å². The van der Waals surface area contributed by atoms with Crippen molar-refractivity contribution in [2.75, 3.05) is 32.8 Å². The van der Waals surface area contributed by atoms with Crippen LogP contribution in [-0.2, 0) is 20.7 Å². The number of morpholine rings is 1. The Morgan fingerprint density at radius 1 is 1.25 bits per heavy atom. The van der Waals surface area contributed by atoms with E-state index in [1.165, 1.54) is 0 Å². The molecule has 1 heterocycles. The van der Waals surface area contributed by atoms with Crippen molar-refractivity contribution in [1.29, 1.82) is 0 Å². The summed E-state index contributed by atoms with van der Waals surface area (Å²) in [5.41, 5.74) is 0.906. The van der Waals surface area contributed by atoms with Gasteiger partial charge in [0, 0.05) is 17.6 Å². The van der Waals surface area contributed by atoms with E-state index >= 15 is 0 Å². The number of hydrogen-bond donors (Lipinski definition) is 1. The van der Waals surface area contributed by atoms with Crippen LogP contribution in [0.4, 0.5) is 0 Å². The van der Waals surface area contributed by atoms with Crippen LogP contribution in [0.3, 0.4) is 0 Å². The summed E-state index contributed by atoms with van der Waals surface area (Å²) < 4.78 is 6.08. The average Bonchev–Trinajstić information content (AvgIpc) is 2.48. The van der Waals surface area contributed by atoms with Crippen molar-refractivity contribution in [3.8, 4) is 0 Å². The Morgan fingerprint density at radius 3 is 2.65 bits per heavy atom. The second-order valence-corrected chi connectivity index (χ2v) is 5.39. The maximum absolute atomic E-state index is 11.9. The summed E-state index contributed by atoms with van der Waals surface area (Å²) in [6.45, 7) is 2.37. The van der Waals surface area contributed by atoms with E-state index < -0.39 is 0 Å². The predicted molar refractivity (Wildman–Crippen MR) is 78.3 cm³/mol. The fraction of sp³-hybridized carbons (Fsp3) is 0.429. The fourth-order valence-electron chi connectivity index (χ4n) is 1.98. The standard InChI is InChI=1S/C14H17BrN2O3/c15-12-4-2-1-3-11(12)9-13(18)16-10-14(19)17-5-7-20-8-6-17/h1-4H,5-10H2,(H,16,18). The maximum Gasteiger partial charge on any atom is 0.242 e.